The molecule has 0 aromatic carbocycles. The molecule has 0 fully saturated rings. The third-order valence-corrected chi connectivity index (χ3v) is 2.04. The fourth-order valence-corrected chi connectivity index (χ4v) is 1.40. The van der Waals surface area contributed by atoms with Gasteiger partial charge in [0.25, 0.3) is 0 Å². The minimum absolute atomic E-state index is 0.217. The Kier molecular flexibility index (Phi) is 6.92. The fourth-order valence-electron chi connectivity index (χ4n) is 1.40. The molecule has 0 spiro atoms. The van der Waals surface area contributed by atoms with Gasteiger partial charge in [-0.05, 0) is 33.7 Å². The van der Waals surface area contributed by atoms with E-state index in [-0.39, 0.29) is 6.10 Å². The molecular weight excluding hydrogens is 162 g/mol. The summed E-state index contributed by atoms with van der Waals surface area (Å²) in [5.41, 5.74) is 1.15. The van der Waals surface area contributed by atoms with Gasteiger partial charge in [-0.25, -0.2) is 0 Å². The van der Waals surface area contributed by atoms with Crippen LogP contribution in [0.5, 0.6) is 0 Å². The molecule has 0 radical (unpaired) electrons. The first kappa shape index (κ1) is 12.7. The van der Waals surface area contributed by atoms with Crippen LogP contribution in [0, 0.1) is 0 Å². The average Bonchev–Trinajstić information content (AvgIpc) is 2.05. The van der Waals surface area contributed by atoms with Crippen molar-refractivity contribution in [2.75, 3.05) is 13.2 Å². The van der Waals surface area contributed by atoms with Crippen molar-refractivity contribution in [1.29, 1.82) is 0 Å². The highest BCUT2D eigenvalue weighted by Crippen LogP contribution is 2.07. The molecule has 0 aromatic rings. The highest BCUT2D eigenvalue weighted by molar-refractivity contribution is 5.04. The maximum Gasteiger partial charge on any atom is 0.0738 e. The molecule has 1 N–H and O–H groups in total. The van der Waals surface area contributed by atoms with Gasteiger partial charge in [0.2, 0.25) is 0 Å². The number of hydrogen-bond acceptors (Lipinski definition) is 2. The Morgan fingerprint density at radius 2 is 2.08 bits per heavy atom. The molecule has 78 valence electrons. The molecular formula is C11H23NO. The summed E-state index contributed by atoms with van der Waals surface area (Å²) in [4.78, 5) is 0. The van der Waals surface area contributed by atoms with Gasteiger partial charge in [-0.15, -0.1) is 0 Å². The summed E-state index contributed by atoms with van der Waals surface area (Å²) in [6.07, 6.45) is 1.36. The second kappa shape index (κ2) is 7.10. The van der Waals surface area contributed by atoms with Gasteiger partial charge in [0.1, 0.15) is 0 Å². The second-order valence-electron chi connectivity index (χ2n) is 3.44. The lowest BCUT2D eigenvalue weighted by atomic mass is 10.1. The average molecular weight is 185 g/mol. The summed E-state index contributed by atoms with van der Waals surface area (Å²) in [5, 5.41) is 3.43. The van der Waals surface area contributed by atoms with E-state index in [1.54, 1.807) is 0 Å². The Bertz CT molecular complexity index is 145. The Morgan fingerprint density at radius 3 is 2.46 bits per heavy atom. The Hall–Kier alpha value is -0.340. The lowest BCUT2D eigenvalue weighted by molar-refractivity contribution is 0.0567. The summed E-state index contributed by atoms with van der Waals surface area (Å²) in [7, 11) is 0. The Labute approximate surface area is 82.4 Å². The van der Waals surface area contributed by atoms with E-state index in [4.69, 9.17) is 4.74 Å². The summed E-state index contributed by atoms with van der Waals surface area (Å²) < 4.78 is 5.54. The van der Waals surface area contributed by atoms with Crippen molar-refractivity contribution in [3.05, 3.63) is 12.2 Å². The third-order valence-electron chi connectivity index (χ3n) is 2.04. The zero-order valence-electron chi connectivity index (χ0n) is 9.39. The van der Waals surface area contributed by atoms with Gasteiger partial charge < -0.3 is 10.1 Å². The molecule has 0 rings (SSSR count). The number of rotatable bonds is 7. The zero-order valence-corrected chi connectivity index (χ0v) is 9.39. The maximum absolute atomic E-state index is 5.54. The maximum atomic E-state index is 5.54. The van der Waals surface area contributed by atoms with E-state index in [1.807, 2.05) is 13.8 Å². The molecule has 2 heteroatoms. The van der Waals surface area contributed by atoms with Gasteiger partial charge in [0.15, 0.2) is 0 Å². The molecule has 0 aliphatic rings. The zero-order chi connectivity index (χ0) is 10.3. The minimum atomic E-state index is 0.217. The van der Waals surface area contributed by atoms with E-state index >= 15 is 0 Å². The van der Waals surface area contributed by atoms with Crippen molar-refractivity contribution in [3.8, 4) is 0 Å². The van der Waals surface area contributed by atoms with E-state index in [9.17, 15) is 0 Å². The van der Waals surface area contributed by atoms with Crippen LogP contribution in [0.1, 0.15) is 34.1 Å². The molecule has 0 heterocycles. The highest BCUT2D eigenvalue weighted by atomic mass is 16.5. The highest BCUT2D eigenvalue weighted by Gasteiger charge is 2.16. The van der Waals surface area contributed by atoms with Crippen LogP contribution in [0.2, 0.25) is 0 Å². The lowest BCUT2D eigenvalue weighted by Crippen LogP contribution is -2.40. The minimum Gasteiger partial charge on any atom is -0.377 e. The van der Waals surface area contributed by atoms with Gasteiger partial charge in [0, 0.05) is 6.61 Å². The molecule has 13 heavy (non-hydrogen) atoms. The molecule has 0 saturated heterocycles. The molecule has 2 atom stereocenters. The van der Waals surface area contributed by atoms with Crippen molar-refractivity contribution in [1.82, 2.24) is 5.32 Å². The van der Waals surface area contributed by atoms with Gasteiger partial charge in [0.05, 0.1) is 12.1 Å². The predicted molar refractivity (Wildman–Crippen MR) is 58.0 cm³/mol. The Balaban J connectivity index is 3.99. The van der Waals surface area contributed by atoms with Crippen molar-refractivity contribution in [2.45, 2.75) is 46.3 Å². The fraction of sp³-hybridized carbons (Fsp3) is 0.818. The standard InChI is InChI=1S/C11H23NO/c1-6-8-12-11(9(3)4)10(5)13-7-2/h10-12H,3,6-8H2,1-2,4-5H3. The third kappa shape index (κ3) is 5.06. The molecule has 2 unspecified atom stereocenters. The van der Waals surface area contributed by atoms with Crippen molar-refractivity contribution >= 4 is 0 Å². The topological polar surface area (TPSA) is 21.3 Å². The molecule has 2 nitrogen and oxygen atoms in total. The van der Waals surface area contributed by atoms with Gasteiger partial charge in [-0.1, -0.05) is 19.1 Å². The first-order chi connectivity index (χ1) is 6.13. The SMILES string of the molecule is C=C(C)C(NCCC)C(C)OCC. The summed E-state index contributed by atoms with van der Waals surface area (Å²) in [5.74, 6) is 0. The van der Waals surface area contributed by atoms with Crippen LogP contribution in [0.15, 0.2) is 12.2 Å². The lowest BCUT2D eigenvalue weighted by Gasteiger charge is -2.25. The first-order valence-electron chi connectivity index (χ1n) is 5.13. The summed E-state index contributed by atoms with van der Waals surface area (Å²) >= 11 is 0. The van der Waals surface area contributed by atoms with E-state index < -0.39 is 0 Å². The smallest absolute Gasteiger partial charge is 0.0738 e. The molecule has 0 aromatic heterocycles. The van der Waals surface area contributed by atoms with Crippen LogP contribution in [0.25, 0.3) is 0 Å². The van der Waals surface area contributed by atoms with Crippen molar-refractivity contribution < 1.29 is 4.74 Å². The molecule has 0 aliphatic carbocycles. The van der Waals surface area contributed by atoms with Crippen LogP contribution in [-0.4, -0.2) is 25.3 Å². The Morgan fingerprint density at radius 1 is 1.46 bits per heavy atom. The van der Waals surface area contributed by atoms with Crippen LogP contribution < -0.4 is 5.32 Å². The van der Waals surface area contributed by atoms with Crippen molar-refractivity contribution in [2.24, 2.45) is 0 Å². The number of ether oxygens (including phenoxy) is 1. The van der Waals surface area contributed by atoms with Crippen molar-refractivity contribution in [3.63, 3.8) is 0 Å². The van der Waals surface area contributed by atoms with E-state index in [1.165, 1.54) is 0 Å². The predicted octanol–water partition coefficient (Wildman–Crippen LogP) is 2.36. The second-order valence-corrected chi connectivity index (χ2v) is 3.44. The monoisotopic (exact) mass is 185 g/mol. The summed E-state index contributed by atoms with van der Waals surface area (Å²) in [6.45, 7) is 14.1. The largest absolute Gasteiger partial charge is 0.377 e. The number of hydrogen-bond donors (Lipinski definition) is 1. The van der Waals surface area contributed by atoms with E-state index in [0.29, 0.717) is 6.04 Å². The number of nitrogens with one attached hydrogen (secondary N) is 1. The molecule has 0 saturated carbocycles. The molecule has 0 aliphatic heterocycles. The van der Waals surface area contributed by atoms with Gasteiger partial charge >= 0.3 is 0 Å². The molecule has 0 amide bonds. The van der Waals surface area contributed by atoms with E-state index in [0.717, 1.165) is 25.1 Å². The van der Waals surface area contributed by atoms with Gasteiger partial charge in [-0.2, -0.15) is 0 Å². The van der Waals surface area contributed by atoms with Crippen LogP contribution in [0.3, 0.4) is 0 Å². The first-order valence-corrected chi connectivity index (χ1v) is 5.13. The quantitative estimate of drug-likeness (QED) is 0.615. The van der Waals surface area contributed by atoms with Crippen LogP contribution in [-0.2, 0) is 4.74 Å². The van der Waals surface area contributed by atoms with E-state index in [2.05, 4.69) is 25.7 Å². The van der Waals surface area contributed by atoms with Crippen LogP contribution in [0.4, 0.5) is 0 Å². The van der Waals surface area contributed by atoms with Gasteiger partial charge in [-0.3, -0.25) is 0 Å². The summed E-state index contributed by atoms with van der Waals surface area (Å²) in [6, 6.07) is 0.292. The van der Waals surface area contributed by atoms with Crippen LogP contribution >= 0.6 is 0 Å². The normalized spacial score (nSPS) is 15.4. The molecule has 0 bridgehead atoms.